The molecule has 1 saturated carbocycles. The van der Waals surface area contributed by atoms with E-state index in [-0.39, 0.29) is 5.31 Å². The predicted octanol–water partition coefficient (Wildman–Crippen LogP) is 4.26. The topological polar surface area (TPSA) is 27.1 Å². The predicted molar refractivity (Wildman–Crippen MR) is 87.5 cm³/mol. The smallest absolute Gasteiger partial charge is 0.0962 e. The van der Waals surface area contributed by atoms with E-state index in [1.165, 1.54) is 19.3 Å². The molecule has 1 heterocycles. The molecular formula is C17H31BN2. The summed E-state index contributed by atoms with van der Waals surface area (Å²) >= 11 is 0. The van der Waals surface area contributed by atoms with Gasteiger partial charge in [0.15, 0.2) is 0 Å². The van der Waals surface area contributed by atoms with Crippen molar-refractivity contribution in [1.29, 1.82) is 5.41 Å². The highest BCUT2D eigenvalue weighted by Gasteiger charge is 2.47. The van der Waals surface area contributed by atoms with E-state index in [2.05, 4.69) is 39.5 Å². The van der Waals surface area contributed by atoms with Crippen LogP contribution >= 0.6 is 0 Å². The first-order chi connectivity index (χ1) is 9.26. The second-order valence-corrected chi connectivity index (χ2v) is 7.81. The molecule has 2 radical (unpaired) electrons. The molecule has 1 saturated heterocycles. The van der Waals surface area contributed by atoms with Gasteiger partial charge in [-0.05, 0) is 44.4 Å². The molecule has 112 valence electrons. The molecule has 2 aliphatic rings. The molecule has 4 unspecified atom stereocenters. The minimum Gasteiger partial charge on any atom is -0.355 e. The number of nitrogens with zero attached hydrogens (tertiary/aromatic N) is 1. The molecule has 2 fully saturated rings. The fraction of sp³-hybridized carbons (Fsp3) is 0.941. The maximum atomic E-state index is 8.32. The molecule has 3 heteroatoms. The highest BCUT2D eigenvalue weighted by Crippen LogP contribution is 2.54. The SMILES string of the molecule is [B]C1(C)C(C(C)C)CCCC2C1CCC(=N)N2C(C)C. The minimum absolute atomic E-state index is 0.0941. The monoisotopic (exact) mass is 274 g/mol. The van der Waals surface area contributed by atoms with Crippen LogP contribution in [0.3, 0.4) is 0 Å². The number of hydrogen-bond donors (Lipinski definition) is 1. The van der Waals surface area contributed by atoms with Gasteiger partial charge in [0, 0.05) is 18.5 Å². The Kier molecular flexibility index (Phi) is 4.56. The molecule has 20 heavy (non-hydrogen) atoms. The average Bonchev–Trinajstić information content (AvgIpc) is 2.44. The van der Waals surface area contributed by atoms with Gasteiger partial charge >= 0.3 is 0 Å². The van der Waals surface area contributed by atoms with Gasteiger partial charge in [-0.2, -0.15) is 0 Å². The van der Waals surface area contributed by atoms with Gasteiger partial charge in [-0.3, -0.25) is 5.41 Å². The van der Waals surface area contributed by atoms with Crippen LogP contribution in [-0.2, 0) is 0 Å². The van der Waals surface area contributed by atoms with Gasteiger partial charge in [0.05, 0.1) is 13.7 Å². The van der Waals surface area contributed by atoms with E-state index >= 15 is 0 Å². The lowest BCUT2D eigenvalue weighted by molar-refractivity contribution is 0.103. The lowest BCUT2D eigenvalue weighted by Crippen LogP contribution is -2.54. The Labute approximate surface area is 126 Å². The van der Waals surface area contributed by atoms with Crippen molar-refractivity contribution in [2.45, 2.75) is 84.1 Å². The maximum Gasteiger partial charge on any atom is 0.0962 e. The molecule has 0 bridgehead atoms. The third kappa shape index (κ3) is 2.65. The maximum absolute atomic E-state index is 8.32. The second kappa shape index (κ2) is 5.73. The van der Waals surface area contributed by atoms with Gasteiger partial charge in [-0.1, -0.05) is 38.9 Å². The van der Waals surface area contributed by atoms with Gasteiger partial charge in [0.1, 0.15) is 0 Å². The molecule has 1 aliphatic carbocycles. The van der Waals surface area contributed by atoms with Crippen molar-refractivity contribution >= 4 is 13.7 Å². The summed E-state index contributed by atoms with van der Waals surface area (Å²) in [6.07, 6.45) is 5.71. The summed E-state index contributed by atoms with van der Waals surface area (Å²) < 4.78 is 0. The zero-order valence-corrected chi connectivity index (χ0v) is 13.9. The molecular weight excluding hydrogens is 243 g/mol. The van der Waals surface area contributed by atoms with Crippen LogP contribution in [0.4, 0.5) is 0 Å². The summed E-state index contributed by atoms with van der Waals surface area (Å²) in [5.41, 5.74) is 0. The third-order valence-electron chi connectivity index (χ3n) is 5.80. The number of hydrogen-bond acceptors (Lipinski definition) is 1. The summed E-state index contributed by atoms with van der Waals surface area (Å²) in [5.74, 6) is 2.63. The van der Waals surface area contributed by atoms with E-state index in [1.807, 2.05) is 0 Å². The van der Waals surface area contributed by atoms with Crippen LogP contribution in [-0.4, -0.2) is 30.7 Å². The largest absolute Gasteiger partial charge is 0.355 e. The Bertz CT molecular complexity index is 362. The molecule has 0 aromatic carbocycles. The van der Waals surface area contributed by atoms with Crippen LogP contribution < -0.4 is 0 Å². The van der Waals surface area contributed by atoms with Crippen molar-refractivity contribution in [2.24, 2.45) is 17.8 Å². The summed E-state index contributed by atoms with van der Waals surface area (Å²) in [7, 11) is 6.89. The standard InChI is InChI=1S/C17H31BN2/c1-11(2)13-7-6-8-15-14(17(13,5)18)9-10-16(19)20(15)12(3)4/h11-15,19H,6-10H2,1-5H3. The lowest BCUT2D eigenvalue weighted by Gasteiger charge is -2.52. The van der Waals surface area contributed by atoms with Crippen molar-refractivity contribution in [3.05, 3.63) is 0 Å². The van der Waals surface area contributed by atoms with E-state index in [9.17, 15) is 0 Å². The van der Waals surface area contributed by atoms with Gasteiger partial charge in [0.25, 0.3) is 0 Å². The number of amidine groups is 1. The van der Waals surface area contributed by atoms with Crippen LogP contribution in [0, 0.1) is 23.2 Å². The van der Waals surface area contributed by atoms with Gasteiger partial charge in [-0.15, -0.1) is 0 Å². The molecule has 0 spiro atoms. The minimum atomic E-state index is -0.0941. The van der Waals surface area contributed by atoms with Crippen LogP contribution in [0.25, 0.3) is 0 Å². The van der Waals surface area contributed by atoms with E-state index in [0.717, 1.165) is 18.7 Å². The molecule has 0 aromatic heterocycles. The molecule has 1 N–H and O–H groups in total. The summed E-state index contributed by atoms with van der Waals surface area (Å²) in [6.45, 7) is 11.4. The molecule has 4 atom stereocenters. The second-order valence-electron chi connectivity index (χ2n) is 7.81. The molecule has 1 aliphatic heterocycles. The zero-order valence-electron chi connectivity index (χ0n) is 13.9. The average molecular weight is 274 g/mol. The molecule has 0 amide bonds. The van der Waals surface area contributed by atoms with Gasteiger partial charge in [-0.25, -0.2) is 0 Å². The first-order valence-electron chi connectivity index (χ1n) is 8.41. The summed E-state index contributed by atoms with van der Waals surface area (Å²) in [5, 5.41) is 8.23. The third-order valence-corrected chi connectivity index (χ3v) is 5.80. The zero-order chi connectivity index (χ0) is 15.1. The van der Waals surface area contributed by atoms with Crippen LogP contribution in [0.1, 0.15) is 66.7 Å². The Morgan fingerprint density at radius 3 is 2.40 bits per heavy atom. The Morgan fingerprint density at radius 1 is 1.20 bits per heavy atom. The van der Waals surface area contributed by atoms with Crippen molar-refractivity contribution < 1.29 is 0 Å². The number of fused-ring (bicyclic) bond motifs is 1. The first-order valence-corrected chi connectivity index (χ1v) is 8.41. The highest BCUT2D eigenvalue weighted by atomic mass is 15.2. The van der Waals surface area contributed by atoms with Gasteiger partial charge in [0.2, 0.25) is 0 Å². The van der Waals surface area contributed by atoms with Crippen LogP contribution in [0.5, 0.6) is 0 Å². The van der Waals surface area contributed by atoms with Crippen molar-refractivity contribution in [3.63, 3.8) is 0 Å². The van der Waals surface area contributed by atoms with Crippen LogP contribution in [0.15, 0.2) is 0 Å². The lowest BCUT2D eigenvalue weighted by atomic mass is 9.50. The van der Waals surface area contributed by atoms with E-state index in [1.54, 1.807) is 0 Å². The highest BCUT2D eigenvalue weighted by molar-refractivity contribution is 6.15. The molecule has 0 aromatic rings. The fourth-order valence-electron chi connectivity index (χ4n) is 4.95. The van der Waals surface area contributed by atoms with Crippen molar-refractivity contribution in [1.82, 2.24) is 4.90 Å². The Morgan fingerprint density at radius 2 is 1.85 bits per heavy atom. The van der Waals surface area contributed by atoms with Crippen molar-refractivity contribution in [2.75, 3.05) is 0 Å². The Balaban J connectivity index is 2.33. The fourth-order valence-corrected chi connectivity index (χ4v) is 4.95. The molecule has 2 rings (SSSR count). The number of likely N-dealkylation sites (tertiary alicyclic amines) is 1. The van der Waals surface area contributed by atoms with Crippen molar-refractivity contribution in [3.8, 4) is 0 Å². The van der Waals surface area contributed by atoms with Gasteiger partial charge < -0.3 is 4.90 Å². The molecule has 2 nitrogen and oxygen atoms in total. The van der Waals surface area contributed by atoms with E-state index in [0.29, 0.717) is 29.8 Å². The quantitative estimate of drug-likeness (QED) is 0.748. The number of piperidine rings is 1. The van der Waals surface area contributed by atoms with Crippen LogP contribution in [0.2, 0.25) is 5.31 Å². The normalized spacial score (nSPS) is 39.0. The summed E-state index contributed by atoms with van der Waals surface area (Å²) in [6, 6.07) is 0.900. The summed E-state index contributed by atoms with van der Waals surface area (Å²) in [4.78, 5) is 2.36. The Hall–Kier alpha value is -0.465. The van der Waals surface area contributed by atoms with E-state index in [4.69, 9.17) is 13.3 Å². The van der Waals surface area contributed by atoms with E-state index < -0.39 is 0 Å². The number of nitrogens with one attached hydrogen (secondary N) is 1. The first kappa shape index (κ1) is 15.9. The number of rotatable bonds is 2.